The lowest BCUT2D eigenvalue weighted by Gasteiger charge is -2.19. The molecule has 1 N–H and O–H groups in total. The van der Waals surface area contributed by atoms with E-state index in [2.05, 4.69) is 15.3 Å². The number of carbonyl (C=O) groups excluding carboxylic acids is 2. The number of carbonyl (C=O) groups is 2. The van der Waals surface area contributed by atoms with Gasteiger partial charge < -0.3 is 14.8 Å². The molecule has 1 aromatic rings. The molecule has 8 heteroatoms. The molecule has 1 rings (SSSR count). The minimum absolute atomic E-state index is 0.294. The Balaban J connectivity index is 2.62. The van der Waals surface area contributed by atoms with Crippen LogP contribution < -0.4 is 5.32 Å². The largest absolute Gasteiger partial charge is 0.462 e. The van der Waals surface area contributed by atoms with Crippen LogP contribution in [0.5, 0.6) is 0 Å². The highest BCUT2D eigenvalue weighted by molar-refractivity contribution is 7.98. The molecule has 0 aliphatic carbocycles. The Kier molecular flexibility index (Phi) is 7.97. The molecule has 134 valence electrons. The number of aryl methyl sites for hydroxylation is 1. The van der Waals surface area contributed by atoms with Gasteiger partial charge in [-0.2, -0.15) is 0 Å². The second-order valence-corrected chi connectivity index (χ2v) is 6.74. The molecule has 0 aliphatic heterocycles. The first-order valence-corrected chi connectivity index (χ1v) is 9.03. The minimum Gasteiger partial charge on any atom is -0.462 e. The number of nitrogens with one attached hydrogen (secondary N) is 1. The van der Waals surface area contributed by atoms with Gasteiger partial charge in [-0.3, -0.25) is 0 Å². The quantitative estimate of drug-likeness (QED) is 0.348. The predicted octanol–water partition coefficient (Wildman–Crippen LogP) is 2.83. The van der Waals surface area contributed by atoms with Crippen molar-refractivity contribution in [3.63, 3.8) is 0 Å². The van der Waals surface area contributed by atoms with Gasteiger partial charge in [0.05, 0.1) is 17.9 Å². The number of hydrogen-bond donors (Lipinski definition) is 1. The zero-order valence-electron chi connectivity index (χ0n) is 14.8. The van der Waals surface area contributed by atoms with E-state index in [1.807, 2.05) is 27.0 Å². The van der Waals surface area contributed by atoms with Gasteiger partial charge >= 0.3 is 12.1 Å². The lowest BCUT2D eigenvalue weighted by molar-refractivity contribution is 0.0512. The SMILES string of the molecule is CCOC(=O)c1cnc(SC)nc1CCCNC(=O)OC(C)(C)C. The third kappa shape index (κ3) is 7.16. The van der Waals surface area contributed by atoms with Crippen LogP contribution in [0.1, 0.15) is 50.2 Å². The van der Waals surface area contributed by atoms with Crippen molar-refractivity contribution in [2.24, 2.45) is 0 Å². The van der Waals surface area contributed by atoms with Gasteiger partial charge in [-0.15, -0.1) is 0 Å². The van der Waals surface area contributed by atoms with Crippen LogP contribution in [0.4, 0.5) is 4.79 Å². The molecule has 24 heavy (non-hydrogen) atoms. The first-order chi connectivity index (χ1) is 11.3. The maximum absolute atomic E-state index is 12.0. The molecule has 0 unspecified atom stereocenters. The highest BCUT2D eigenvalue weighted by Crippen LogP contribution is 2.15. The van der Waals surface area contributed by atoms with Crippen molar-refractivity contribution in [2.75, 3.05) is 19.4 Å². The third-order valence-electron chi connectivity index (χ3n) is 2.78. The van der Waals surface area contributed by atoms with Crippen molar-refractivity contribution >= 4 is 23.8 Å². The second-order valence-electron chi connectivity index (χ2n) is 5.97. The molecule has 0 saturated carbocycles. The van der Waals surface area contributed by atoms with Crippen molar-refractivity contribution in [2.45, 2.75) is 51.3 Å². The van der Waals surface area contributed by atoms with Gasteiger partial charge in [-0.25, -0.2) is 19.6 Å². The number of amides is 1. The number of nitrogens with zero attached hydrogens (tertiary/aromatic N) is 2. The van der Waals surface area contributed by atoms with E-state index < -0.39 is 17.7 Å². The number of alkyl carbamates (subject to hydrolysis) is 1. The maximum Gasteiger partial charge on any atom is 0.407 e. The minimum atomic E-state index is -0.527. The van der Waals surface area contributed by atoms with E-state index in [9.17, 15) is 9.59 Å². The van der Waals surface area contributed by atoms with Crippen LogP contribution in [0.3, 0.4) is 0 Å². The molecule has 0 bridgehead atoms. The second kappa shape index (κ2) is 9.46. The standard InChI is InChI=1S/C16H25N3O4S/c1-6-22-13(20)11-10-18-14(24-5)19-12(11)8-7-9-17-15(21)23-16(2,3)4/h10H,6-9H2,1-5H3,(H,17,21). The number of hydrogen-bond acceptors (Lipinski definition) is 7. The van der Waals surface area contributed by atoms with Crippen molar-refractivity contribution in [3.8, 4) is 0 Å². The molecule has 0 atom stereocenters. The molecule has 0 fully saturated rings. The Bertz CT molecular complexity index is 573. The Labute approximate surface area is 146 Å². The molecule has 0 radical (unpaired) electrons. The van der Waals surface area contributed by atoms with Gasteiger partial charge in [0.15, 0.2) is 5.16 Å². The van der Waals surface area contributed by atoms with Crippen molar-refractivity contribution in [1.82, 2.24) is 15.3 Å². The first kappa shape index (κ1) is 20.2. The lowest BCUT2D eigenvalue weighted by atomic mass is 10.1. The molecule has 1 amide bonds. The smallest absolute Gasteiger partial charge is 0.407 e. The van der Waals surface area contributed by atoms with Gasteiger partial charge in [0.1, 0.15) is 5.60 Å². The van der Waals surface area contributed by atoms with Crippen LogP contribution in [0.25, 0.3) is 0 Å². The fourth-order valence-corrected chi connectivity index (χ4v) is 2.19. The molecular weight excluding hydrogens is 330 g/mol. The summed E-state index contributed by atoms with van der Waals surface area (Å²) in [6, 6.07) is 0. The van der Waals surface area contributed by atoms with E-state index in [0.29, 0.717) is 42.4 Å². The zero-order chi connectivity index (χ0) is 18.2. The Morgan fingerprint density at radius 1 is 1.33 bits per heavy atom. The number of thioether (sulfide) groups is 1. The maximum atomic E-state index is 12.0. The van der Waals surface area contributed by atoms with E-state index >= 15 is 0 Å². The Morgan fingerprint density at radius 2 is 2.04 bits per heavy atom. The van der Waals surface area contributed by atoms with Crippen LogP contribution in [0, 0.1) is 0 Å². The summed E-state index contributed by atoms with van der Waals surface area (Å²) in [5, 5.41) is 3.28. The monoisotopic (exact) mass is 355 g/mol. The summed E-state index contributed by atoms with van der Waals surface area (Å²) in [5.41, 5.74) is 0.465. The summed E-state index contributed by atoms with van der Waals surface area (Å²) in [7, 11) is 0. The Morgan fingerprint density at radius 3 is 2.62 bits per heavy atom. The van der Waals surface area contributed by atoms with Crippen LogP contribution in [0.15, 0.2) is 11.4 Å². The summed E-state index contributed by atoms with van der Waals surface area (Å²) in [6.07, 6.45) is 4.05. The normalized spacial score (nSPS) is 11.0. The van der Waals surface area contributed by atoms with Gasteiger partial charge in [0, 0.05) is 12.7 Å². The average molecular weight is 355 g/mol. The fourth-order valence-electron chi connectivity index (χ4n) is 1.83. The van der Waals surface area contributed by atoms with Gasteiger partial charge in [0.2, 0.25) is 0 Å². The van der Waals surface area contributed by atoms with Gasteiger partial charge in [0.25, 0.3) is 0 Å². The molecular formula is C16H25N3O4S. The highest BCUT2D eigenvalue weighted by Gasteiger charge is 2.17. The summed E-state index contributed by atoms with van der Waals surface area (Å²) >= 11 is 1.40. The average Bonchev–Trinajstić information content (AvgIpc) is 2.49. The predicted molar refractivity (Wildman–Crippen MR) is 92.3 cm³/mol. The van der Waals surface area contributed by atoms with Crippen LogP contribution in [0.2, 0.25) is 0 Å². The number of esters is 1. The molecule has 0 spiro atoms. The number of aromatic nitrogens is 2. The summed E-state index contributed by atoms with van der Waals surface area (Å²) in [4.78, 5) is 32.1. The molecule has 0 aliphatic rings. The summed E-state index contributed by atoms with van der Waals surface area (Å²) in [6.45, 7) is 7.90. The zero-order valence-corrected chi connectivity index (χ0v) is 15.7. The number of rotatable bonds is 7. The van der Waals surface area contributed by atoms with Gasteiger partial charge in [-0.05, 0) is 46.8 Å². The highest BCUT2D eigenvalue weighted by atomic mass is 32.2. The van der Waals surface area contributed by atoms with Crippen LogP contribution in [-0.4, -0.2) is 47.0 Å². The number of ether oxygens (including phenoxy) is 2. The van der Waals surface area contributed by atoms with Crippen LogP contribution in [-0.2, 0) is 15.9 Å². The first-order valence-electron chi connectivity index (χ1n) is 7.80. The van der Waals surface area contributed by atoms with Gasteiger partial charge in [-0.1, -0.05) is 11.8 Å². The van der Waals surface area contributed by atoms with Crippen molar-refractivity contribution in [3.05, 3.63) is 17.5 Å². The fraction of sp³-hybridized carbons (Fsp3) is 0.625. The van der Waals surface area contributed by atoms with Crippen molar-refractivity contribution < 1.29 is 19.1 Å². The van der Waals surface area contributed by atoms with E-state index in [-0.39, 0.29) is 0 Å². The Hall–Kier alpha value is -1.83. The molecule has 1 heterocycles. The third-order valence-corrected chi connectivity index (χ3v) is 3.34. The van der Waals surface area contributed by atoms with Crippen molar-refractivity contribution in [1.29, 1.82) is 0 Å². The lowest BCUT2D eigenvalue weighted by Crippen LogP contribution is -2.33. The summed E-state index contributed by atoms with van der Waals surface area (Å²) in [5.74, 6) is -0.430. The molecule has 0 saturated heterocycles. The topological polar surface area (TPSA) is 90.4 Å². The van der Waals surface area contributed by atoms with E-state index in [4.69, 9.17) is 9.47 Å². The van der Waals surface area contributed by atoms with Crippen LogP contribution >= 0.6 is 11.8 Å². The van der Waals surface area contributed by atoms with E-state index in [1.54, 1.807) is 6.92 Å². The molecule has 0 aromatic carbocycles. The van der Waals surface area contributed by atoms with E-state index in [0.717, 1.165) is 0 Å². The molecule has 1 aromatic heterocycles. The van der Waals surface area contributed by atoms with E-state index in [1.165, 1.54) is 18.0 Å². The summed E-state index contributed by atoms with van der Waals surface area (Å²) < 4.78 is 10.2. The molecule has 7 nitrogen and oxygen atoms in total.